The first-order valence-corrected chi connectivity index (χ1v) is 5.91. The number of nitrogens with one attached hydrogen (secondary N) is 2. The first kappa shape index (κ1) is 12.1. The monoisotopic (exact) mass is 236 g/mol. The molecule has 0 aliphatic carbocycles. The standard InChI is InChI=1S/C11H20N6/c1-9-13-10(12-2)8-11(14-9)15-17-6-4-16(3)5-7-17/h8H,4-7H2,1-3H3,(H2,12,13,14,15). The average molecular weight is 236 g/mol. The third-order valence-electron chi connectivity index (χ3n) is 2.87. The Hall–Kier alpha value is -1.40. The van der Waals surface area contributed by atoms with Gasteiger partial charge < -0.3 is 15.6 Å². The lowest BCUT2D eigenvalue weighted by Crippen LogP contribution is -2.47. The molecule has 0 amide bonds. The molecule has 17 heavy (non-hydrogen) atoms. The molecule has 0 radical (unpaired) electrons. The minimum Gasteiger partial charge on any atom is -0.373 e. The van der Waals surface area contributed by atoms with Gasteiger partial charge in [-0.1, -0.05) is 0 Å². The van der Waals surface area contributed by atoms with Gasteiger partial charge in [-0.3, -0.25) is 0 Å². The van der Waals surface area contributed by atoms with Gasteiger partial charge in [0.25, 0.3) is 0 Å². The number of piperazine rings is 1. The van der Waals surface area contributed by atoms with Crippen molar-refractivity contribution >= 4 is 11.6 Å². The highest BCUT2D eigenvalue weighted by atomic mass is 15.5. The van der Waals surface area contributed by atoms with Crippen molar-refractivity contribution in [3.8, 4) is 0 Å². The predicted molar refractivity (Wildman–Crippen MR) is 69.0 cm³/mol. The molecule has 6 heteroatoms. The van der Waals surface area contributed by atoms with E-state index in [0.29, 0.717) is 0 Å². The number of rotatable bonds is 3. The summed E-state index contributed by atoms with van der Waals surface area (Å²) in [5.41, 5.74) is 3.33. The summed E-state index contributed by atoms with van der Waals surface area (Å²) in [6, 6.07) is 1.92. The summed E-state index contributed by atoms with van der Waals surface area (Å²) in [5, 5.41) is 5.23. The van der Waals surface area contributed by atoms with E-state index < -0.39 is 0 Å². The largest absolute Gasteiger partial charge is 0.373 e. The van der Waals surface area contributed by atoms with E-state index in [-0.39, 0.29) is 0 Å². The Morgan fingerprint density at radius 2 is 1.76 bits per heavy atom. The molecular formula is C11H20N6. The average Bonchev–Trinajstić information content (AvgIpc) is 2.31. The van der Waals surface area contributed by atoms with Crippen LogP contribution in [0.1, 0.15) is 5.82 Å². The van der Waals surface area contributed by atoms with Gasteiger partial charge in [0.05, 0.1) is 0 Å². The lowest BCUT2D eigenvalue weighted by molar-refractivity contribution is 0.178. The molecule has 6 nitrogen and oxygen atoms in total. The molecule has 1 aromatic heterocycles. The van der Waals surface area contributed by atoms with Crippen molar-refractivity contribution in [1.29, 1.82) is 0 Å². The summed E-state index contributed by atoms with van der Waals surface area (Å²) in [6.07, 6.45) is 0. The summed E-state index contributed by atoms with van der Waals surface area (Å²) < 4.78 is 0. The molecule has 1 fully saturated rings. The summed E-state index contributed by atoms with van der Waals surface area (Å²) in [7, 11) is 4.01. The summed E-state index contributed by atoms with van der Waals surface area (Å²) >= 11 is 0. The van der Waals surface area contributed by atoms with E-state index in [4.69, 9.17) is 0 Å². The number of anilines is 2. The maximum absolute atomic E-state index is 4.38. The quantitative estimate of drug-likeness (QED) is 0.792. The van der Waals surface area contributed by atoms with Gasteiger partial charge in [-0.25, -0.2) is 15.0 Å². The lowest BCUT2D eigenvalue weighted by Gasteiger charge is -2.32. The van der Waals surface area contributed by atoms with Gasteiger partial charge >= 0.3 is 0 Å². The fourth-order valence-corrected chi connectivity index (χ4v) is 1.83. The third kappa shape index (κ3) is 3.28. The van der Waals surface area contributed by atoms with Crippen LogP contribution < -0.4 is 10.7 Å². The van der Waals surface area contributed by atoms with E-state index in [0.717, 1.165) is 43.6 Å². The zero-order chi connectivity index (χ0) is 12.3. The van der Waals surface area contributed by atoms with Crippen molar-refractivity contribution in [1.82, 2.24) is 19.9 Å². The van der Waals surface area contributed by atoms with Crippen LogP contribution in [-0.4, -0.2) is 60.2 Å². The molecule has 1 saturated heterocycles. The van der Waals surface area contributed by atoms with Crippen molar-refractivity contribution in [3.63, 3.8) is 0 Å². The number of hydrogen-bond acceptors (Lipinski definition) is 6. The Bertz CT molecular complexity index is 372. The molecule has 1 aliphatic rings. The van der Waals surface area contributed by atoms with E-state index >= 15 is 0 Å². The van der Waals surface area contributed by atoms with Crippen molar-refractivity contribution in [3.05, 3.63) is 11.9 Å². The van der Waals surface area contributed by atoms with Crippen LogP contribution in [0, 0.1) is 6.92 Å². The fourth-order valence-electron chi connectivity index (χ4n) is 1.83. The maximum atomic E-state index is 4.38. The first-order chi connectivity index (χ1) is 8.17. The SMILES string of the molecule is CNc1cc(NN2CCN(C)CC2)nc(C)n1. The van der Waals surface area contributed by atoms with Crippen LogP contribution in [0.15, 0.2) is 6.07 Å². The van der Waals surface area contributed by atoms with Gasteiger partial charge in [0.1, 0.15) is 17.5 Å². The zero-order valence-corrected chi connectivity index (χ0v) is 10.7. The maximum Gasteiger partial charge on any atom is 0.146 e. The van der Waals surface area contributed by atoms with Crippen LogP contribution in [0.2, 0.25) is 0 Å². The van der Waals surface area contributed by atoms with Crippen LogP contribution in [0.25, 0.3) is 0 Å². The highest BCUT2D eigenvalue weighted by Gasteiger charge is 2.14. The molecule has 2 heterocycles. The van der Waals surface area contributed by atoms with Gasteiger partial charge in [-0.2, -0.15) is 0 Å². The highest BCUT2D eigenvalue weighted by molar-refractivity contribution is 5.46. The van der Waals surface area contributed by atoms with Gasteiger partial charge in [0.2, 0.25) is 0 Å². The summed E-state index contributed by atoms with van der Waals surface area (Å²) in [6.45, 7) is 6.07. The summed E-state index contributed by atoms with van der Waals surface area (Å²) in [4.78, 5) is 11.0. The molecule has 0 aromatic carbocycles. The molecule has 2 N–H and O–H groups in total. The van der Waals surface area contributed by atoms with Crippen LogP contribution in [-0.2, 0) is 0 Å². The number of likely N-dealkylation sites (N-methyl/N-ethyl adjacent to an activating group) is 1. The smallest absolute Gasteiger partial charge is 0.146 e. The van der Waals surface area contributed by atoms with Gasteiger partial charge in [0.15, 0.2) is 0 Å². The normalized spacial score (nSPS) is 18.1. The molecule has 0 atom stereocenters. The van der Waals surface area contributed by atoms with Crippen LogP contribution >= 0.6 is 0 Å². The topological polar surface area (TPSA) is 56.3 Å². The molecule has 0 bridgehead atoms. The van der Waals surface area contributed by atoms with Crippen LogP contribution in [0.3, 0.4) is 0 Å². The van der Waals surface area contributed by atoms with E-state index in [1.807, 2.05) is 20.0 Å². The number of hydrogen-bond donors (Lipinski definition) is 2. The van der Waals surface area contributed by atoms with E-state index in [2.05, 4.69) is 37.7 Å². The predicted octanol–water partition coefficient (Wildman–Crippen LogP) is 0.401. The number of nitrogens with zero attached hydrogens (tertiary/aromatic N) is 4. The highest BCUT2D eigenvalue weighted by Crippen LogP contribution is 2.11. The van der Waals surface area contributed by atoms with E-state index in [1.54, 1.807) is 0 Å². The Balaban J connectivity index is 2.00. The molecule has 0 unspecified atom stereocenters. The van der Waals surface area contributed by atoms with E-state index in [9.17, 15) is 0 Å². The second kappa shape index (κ2) is 5.29. The second-order valence-electron chi connectivity index (χ2n) is 4.34. The number of aromatic nitrogens is 2. The molecule has 1 aliphatic heterocycles. The molecule has 1 aromatic rings. The fraction of sp³-hybridized carbons (Fsp3) is 0.636. The molecule has 0 saturated carbocycles. The first-order valence-electron chi connectivity index (χ1n) is 5.91. The Morgan fingerprint density at radius 1 is 1.12 bits per heavy atom. The molecule has 2 rings (SSSR count). The minimum absolute atomic E-state index is 0.772. The van der Waals surface area contributed by atoms with Crippen molar-refractivity contribution in [2.75, 3.05) is 51.0 Å². The van der Waals surface area contributed by atoms with E-state index in [1.165, 1.54) is 0 Å². The van der Waals surface area contributed by atoms with Gasteiger partial charge in [0, 0.05) is 39.3 Å². The molecule has 94 valence electrons. The lowest BCUT2D eigenvalue weighted by atomic mass is 10.4. The number of hydrazine groups is 1. The van der Waals surface area contributed by atoms with Gasteiger partial charge in [-0.15, -0.1) is 0 Å². The van der Waals surface area contributed by atoms with Crippen molar-refractivity contribution in [2.24, 2.45) is 0 Å². The third-order valence-corrected chi connectivity index (χ3v) is 2.87. The van der Waals surface area contributed by atoms with Crippen molar-refractivity contribution in [2.45, 2.75) is 6.92 Å². The minimum atomic E-state index is 0.772. The van der Waals surface area contributed by atoms with Gasteiger partial charge in [-0.05, 0) is 14.0 Å². The summed E-state index contributed by atoms with van der Waals surface area (Å²) in [5.74, 6) is 2.47. The van der Waals surface area contributed by atoms with Crippen LogP contribution in [0.5, 0.6) is 0 Å². The zero-order valence-electron chi connectivity index (χ0n) is 10.7. The number of aryl methyl sites for hydroxylation is 1. The van der Waals surface area contributed by atoms with Crippen molar-refractivity contribution < 1.29 is 0 Å². The van der Waals surface area contributed by atoms with Crippen LogP contribution in [0.4, 0.5) is 11.6 Å². The Labute approximate surface area is 102 Å². The second-order valence-corrected chi connectivity index (χ2v) is 4.34. The molecular weight excluding hydrogens is 216 g/mol. The molecule has 0 spiro atoms. The Morgan fingerprint density at radius 3 is 2.41 bits per heavy atom. The Kier molecular flexibility index (Phi) is 3.75.